The molecule has 0 saturated carbocycles. The maximum absolute atomic E-state index is 10.1. The number of para-hydroxylation sites is 3. The van der Waals surface area contributed by atoms with E-state index in [1.807, 2.05) is 0 Å². The summed E-state index contributed by atoms with van der Waals surface area (Å²) in [6, 6.07) is 25.3. The van der Waals surface area contributed by atoms with Crippen molar-refractivity contribution >= 4 is 126 Å². The molecule has 48 heavy (non-hydrogen) atoms. The van der Waals surface area contributed by atoms with Crippen LogP contribution in [0.15, 0.2) is 91.0 Å². The summed E-state index contributed by atoms with van der Waals surface area (Å²) in [7, 11) is 0. The van der Waals surface area contributed by atoms with Crippen molar-refractivity contribution in [3.05, 3.63) is 91.0 Å². The third kappa shape index (κ3) is 71.9. The van der Waals surface area contributed by atoms with Crippen LogP contribution in [0.25, 0.3) is 0 Å². The van der Waals surface area contributed by atoms with Crippen LogP contribution >= 0.6 is 0 Å². The number of rotatable bonds is 6. The summed E-state index contributed by atoms with van der Waals surface area (Å²) in [6.07, 6.45) is 0. The molecule has 0 aromatic heterocycles. The van der Waals surface area contributed by atoms with Crippen LogP contribution < -0.4 is 39.5 Å². The summed E-state index contributed by atoms with van der Waals surface area (Å²) in [5.74, 6) is 1.20. The van der Waals surface area contributed by atoms with Crippen molar-refractivity contribution in [1.29, 1.82) is 0 Å². The number of halogens is 6. The molecule has 0 aliphatic carbocycles. The Kier molecular flexibility index (Phi) is 71.3. The van der Waals surface area contributed by atoms with Gasteiger partial charge in [0.05, 0.1) is 0 Å². The van der Waals surface area contributed by atoms with Gasteiger partial charge in [-0.25, -0.2) is 0 Å². The van der Waals surface area contributed by atoms with Gasteiger partial charge in [0.2, 0.25) is 0 Å². The van der Waals surface area contributed by atoms with E-state index in [4.69, 9.17) is 29.4 Å². The Labute approximate surface area is 316 Å². The molecule has 6 radical (unpaired) electrons. The first-order valence-electron chi connectivity index (χ1n) is 9.63. The van der Waals surface area contributed by atoms with Gasteiger partial charge in [-0.1, -0.05) is 0 Å². The first-order valence-corrected chi connectivity index (χ1v) is 28.4. The SMILES string of the molecule is F.F.F.F.F.F.[O]=[Sb]([O-])[O-].[O]=[Sb]([O-])[O-].[O]=[Sb]([O-])[O-].[O]=[Sb]([O-])[O]c1ccccc1.[O]=[Sb]([O-])[O]c1ccccc1.[O]=[Sb]([O-])[O]c1ccccc1. The second-order valence-corrected chi connectivity index (χ2v) is 14.8. The summed E-state index contributed by atoms with van der Waals surface area (Å²) < 4.78 is 151. The second-order valence-electron chi connectivity index (χ2n) is 5.55. The van der Waals surface area contributed by atoms with Gasteiger partial charge in [0, 0.05) is 0 Å². The molecule has 0 spiro atoms. The quantitative estimate of drug-likeness (QED) is 0.163. The molecule has 0 bridgehead atoms. The molecule has 0 heterocycles. The standard InChI is InChI=1S/3C6H6O.6FH.15O.6Sb/c3*7-6-4-2-1-3-5-6;;;;;;;;;;;;;;;;;;;;;;;;;;;/h3*1-5,7H;6*1H;;;;;;;;;;;;;;;;;;;;;/q;;;;;;;;;;;;;;;9*-1;;;;3*+1/p-3. The van der Waals surface area contributed by atoms with Crippen molar-refractivity contribution in [2.75, 3.05) is 0 Å². The molecule has 0 fully saturated rings. The summed E-state index contributed by atoms with van der Waals surface area (Å²) in [4.78, 5) is 0. The molecule has 0 atom stereocenters. The van der Waals surface area contributed by atoms with Gasteiger partial charge in [-0.2, -0.15) is 0 Å². The van der Waals surface area contributed by atoms with Gasteiger partial charge in [0.25, 0.3) is 0 Å². The minimum atomic E-state index is -4.20. The molecule has 3 aromatic carbocycles. The fraction of sp³-hybridized carbons (Fsp3) is 0. The average molecular weight is 1370 g/mol. The van der Waals surface area contributed by atoms with Crippen LogP contribution in [0.1, 0.15) is 0 Å². The van der Waals surface area contributed by atoms with Crippen molar-refractivity contribution in [3.63, 3.8) is 0 Å². The average Bonchev–Trinajstić information content (AvgIpc) is 2.85. The van der Waals surface area contributed by atoms with Crippen molar-refractivity contribution in [2.45, 2.75) is 0 Å². The zero-order valence-corrected chi connectivity index (χ0v) is 38.0. The number of benzene rings is 3. The molecule has 0 saturated heterocycles. The predicted octanol–water partition coefficient (Wildman–Crippen LogP) is -8.19. The van der Waals surface area contributed by atoms with E-state index in [9.17, 15) is 19.2 Å². The molecular formula is C18H21F6O18Sb6-9. The molecular weight excluding hydrogens is 1350 g/mol. The summed E-state index contributed by atoms with van der Waals surface area (Å²) in [5, 5.41) is 0. The van der Waals surface area contributed by atoms with Crippen molar-refractivity contribution < 1.29 is 85.8 Å². The van der Waals surface area contributed by atoms with E-state index in [-0.39, 0.29) is 28.2 Å². The Morgan fingerprint density at radius 2 is 0.438 bits per heavy atom. The van der Waals surface area contributed by atoms with Crippen molar-refractivity contribution in [2.24, 2.45) is 0 Å². The predicted molar refractivity (Wildman–Crippen MR) is 135 cm³/mol. The maximum atomic E-state index is 10.1. The molecule has 0 unspecified atom stereocenters. The molecule has 0 amide bonds. The van der Waals surface area contributed by atoms with Crippen molar-refractivity contribution in [1.82, 2.24) is 0 Å². The van der Waals surface area contributed by atoms with Gasteiger partial charge in [0.1, 0.15) is 0 Å². The van der Waals surface area contributed by atoms with Gasteiger partial charge in [-0.05, 0) is 0 Å². The third-order valence-corrected chi connectivity index (χ3v) is 5.85. The van der Waals surface area contributed by atoms with E-state index in [1.165, 1.54) is 0 Å². The van der Waals surface area contributed by atoms with Crippen LogP contribution in [0, 0.1) is 0 Å². The van der Waals surface area contributed by atoms with Crippen LogP contribution in [-0.4, -0.2) is 126 Å². The van der Waals surface area contributed by atoms with Crippen LogP contribution in [0.4, 0.5) is 28.2 Å². The topological polar surface area (TPSA) is 338 Å². The van der Waals surface area contributed by atoms with E-state index in [0.717, 1.165) is 0 Å². The van der Waals surface area contributed by atoms with Gasteiger partial charge in [-0.15, -0.1) is 0 Å². The van der Waals surface area contributed by atoms with Crippen LogP contribution in [-0.2, 0) is 18.1 Å². The summed E-state index contributed by atoms with van der Waals surface area (Å²) >= 11 is -23.9. The Balaban J connectivity index is -0.0000000554. The second kappa shape index (κ2) is 49.1. The molecule has 0 aliphatic heterocycles. The molecule has 282 valence electrons. The first-order chi connectivity index (χ1) is 19.6. The van der Waals surface area contributed by atoms with E-state index in [1.54, 1.807) is 91.0 Å². The molecule has 0 aliphatic rings. The summed E-state index contributed by atoms with van der Waals surface area (Å²) in [5.41, 5.74) is 0. The zero-order valence-electron chi connectivity index (χ0n) is 22.6. The van der Waals surface area contributed by atoms with E-state index in [2.05, 4.69) is 9.05 Å². The molecule has 3 aromatic rings. The molecule has 30 heteroatoms. The fourth-order valence-corrected chi connectivity index (χ4v) is 4.22. The Morgan fingerprint density at radius 3 is 0.542 bits per heavy atom. The Bertz CT molecular complexity index is 1070. The Morgan fingerprint density at radius 1 is 0.312 bits per heavy atom. The van der Waals surface area contributed by atoms with Gasteiger partial charge >= 0.3 is 292 Å². The monoisotopic (exact) mass is 1360 g/mol. The number of hydrogen-bond acceptors (Lipinski definition) is 18. The minimum absolute atomic E-state index is 0. The zero-order chi connectivity index (χ0) is 32.9. The molecule has 0 N–H and O–H groups in total. The third-order valence-electron chi connectivity index (χ3n) is 2.77. The molecule has 18 nitrogen and oxygen atoms in total. The van der Waals surface area contributed by atoms with Gasteiger partial charge in [-0.3, -0.25) is 28.2 Å². The van der Waals surface area contributed by atoms with Crippen LogP contribution in [0.3, 0.4) is 0 Å². The van der Waals surface area contributed by atoms with E-state index < -0.39 is 126 Å². The van der Waals surface area contributed by atoms with Crippen LogP contribution in [0.5, 0.6) is 17.2 Å². The first kappa shape index (κ1) is 69.7. The number of hydrogen-bond donors (Lipinski definition) is 0. The molecule has 3 rings (SSSR count). The van der Waals surface area contributed by atoms with Crippen LogP contribution in [0.2, 0.25) is 0 Å². The fourth-order valence-electron chi connectivity index (χ4n) is 1.70. The van der Waals surface area contributed by atoms with Crippen molar-refractivity contribution in [3.8, 4) is 17.2 Å². The Hall–Kier alpha value is -0.0109. The van der Waals surface area contributed by atoms with E-state index in [0.29, 0.717) is 17.2 Å². The normalized spacial score (nSPS) is 7.19. The summed E-state index contributed by atoms with van der Waals surface area (Å²) in [6.45, 7) is 0. The van der Waals surface area contributed by atoms with Gasteiger partial charge < -0.3 is 0 Å². The van der Waals surface area contributed by atoms with E-state index >= 15 is 0 Å². The van der Waals surface area contributed by atoms with Gasteiger partial charge in [0.15, 0.2) is 0 Å².